The molecule has 0 bridgehead atoms. The van der Waals surface area contributed by atoms with Gasteiger partial charge in [-0.15, -0.1) is 11.3 Å². The Bertz CT molecular complexity index is 545. The topological polar surface area (TPSA) is 37.9 Å². The molecule has 0 spiro atoms. The van der Waals surface area contributed by atoms with E-state index in [0.717, 1.165) is 11.5 Å². The number of rotatable bonds is 3. The lowest BCUT2D eigenvalue weighted by Gasteiger charge is -2.04. The molecule has 2 heterocycles. The summed E-state index contributed by atoms with van der Waals surface area (Å²) in [7, 11) is 1.64. The molecule has 0 aliphatic rings. The minimum absolute atomic E-state index is 0.446. The Morgan fingerprint density at radius 2 is 2.38 bits per heavy atom. The first-order valence-corrected chi connectivity index (χ1v) is 6.13. The summed E-state index contributed by atoms with van der Waals surface area (Å²) in [6, 6.07) is 3.97. The van der Waals surface area contributed by atoms with Gasteiger partial charge in [-0.2, -0.15) is 0 Å². The second-order valence-corrected chi connectivity index (χ2v) is 4.78. The van der Waals surface area contributed by atoms with Crippen LogP contribution in [0, 0.1) is 11.6 Å². The number of hydrogen-bond acceptors (Lipinski definition) is 4. The van der Waals surface area contributed by atoms with Crippen LogP contribution in [-0.4, -0.2) is 17.1 Å². The Kier molecular flexibility index (Phi) is 3.48. The summed E-state index contributed by atoms with van der Waals surface area (Å²) in [5, 5.41) is 2.07. The highest BCUT2D eigenvalue weighted by Crippen LogP contribution is 2.27. The number of thiophene rings is 1. The molecular formula is C11H12N2OS2. The Hall–Kier alpha value is -1.04. The van der Waals surface area contributed by atoms with Crippen molar-refractivity contribution in [2.24, 2.45) is 0 Å². The molecule has 2 aromatic rings. The van der Waals surface area contributed by atoms with Crippen LogP contribution < -0.4 is 0 Å². The molecule has 2 rings (SSSR count). The lowest BCUT2D eigenvalue weighted by molar-refractivity contribution is 0.178. The minimum atomic E-state index is 0.446. The van der Waals surface area contributed by atoms with Crippen LogP contribution in [0.15, 0.2) is 17.5 Å². The zero-order valence-electron chi connectivity index (χ0n) is 9.11. The number of ether oxygens (including phenoxy) is 1. The van der Waals surface area contributed by atoms with Crippen molar-refractivity contribution in [3.63, 3.8) is 0 Å². The Morgan fingerprint density at radius 3 is 3.00 bits per heavy atom. The van der Waals surface area contributed by atoms with Crippen molar-refractivity contribution in [3.8, 4) is 10.6 Å². The van der Waals surface area contributed by atoms with Gasteiger partial charge in [-0.1, -0.05) is 12.2 Å². The highest BCUT2D eigenvalue weighted by Gasteiger charge is 2.05. The highest BCUT2D eigenvalue weighted by atomic mass is 32.1. The van der Waals surface area contributed by atoms with Gasteiger partial charge in [-0.3, -0.25) is 0 Å². The molecule has 16 heavy (non-hydrogen) atoms. The highest BCUT2D eigenvalue weighted by molar-refractivity contribution is 7.71. The van der Waals surface area contributed by atoms with E-state index >= 15 is 0 Å². The monoisotopic (exact) mass is 252 g/mol. The van der Waals surface area contributed by atoms with Crippen molar-refractivity contribution in [1.29, 1.82) is 0 Å². The maximum absolute atomic E-state index is 5.14. The van der Waals surface area contributed by atoms with Crippen molar-refractivity contribution in [1.82, 2.24) is 9.97 Å². The average Bonchev–Trinajstić information content (AvgIpc) is 2.64. The van der Waals surface area contributed by atoms with Gasteiger partial charge in [0.2, 0.25) is 0 Å². The molecule has 0 radical (unpaired) electrons. The zero-order valence-corrected chi connectivity index (χ0v) is 10.7. The van der Waals surface area contributed by atoms with Gasteiger partial charge in [-0.05, 0) is 30.0 Å². The Balaban J connectivity index is 2.49. The van der Waals surface area contributed by atoms with E-state index in [1.54, 1.807) is 18.4 Å². The molecule has 2 aromatic heterocycles. The van der Waals surface area contributed by atoms with Crippen LogP contribution in [0.3, 0.4) is 0 Å². The van der Waals surface area contributed by atoms with Gasteiger partial charge in [-0.25, -0.2) is 4.98 Å². The number of hydrogen-bond donors (Lipinski definition) is 1. The van der Waals surface area contributed by atoms with Crippen LogP contribution in [0.4, 0.5) is 0 Å². The second-order valence-electron chi connectivity index (χ2n) is 3.45. The minimum Gasteiger partial charge on any atom is -0.377 e. The fourth-order valence-electron chi connectivity index (χ4n) is 1.48. The van der Waals surface area contributed by atoms with Crippen LogP contribution in [0.2, 0.25) is 0 Å². The van der Waals surface area contributed by atoms with E-state index in [1.165, 1.54) is 10.4 Å². The van der Waals surface area contributed by atoms with Crippen molar-refractivity contribution in [2.45, 2.75) is 13.5 Å². The number of aromatic nitrogens is 2. The molecule has 5 heteroatoms. The molecule has 0 aliphatic heterocycles. The van der Waals surface area contributed by atoms with E-state index in [1.807, 2.05) is 6.07 Å². The van der Waals surface area contributed by atoms with Crippen LogP contribution in [-0.2, 0) is 11.3 Å². The summed E-state index contributed by atoms with van der Waals surface area (Å²) in [5.74, 6) is 0.762. The van der Waals surface area contributed by atoms with Crippen LogP contribution in [0.25, 0.3) is 10.6 Å². The summed E-state index contributed by atoms with van der Waals surface area (Å²) < 4.78 is 5.64. The van der Waals surface area contributed by atoms with Gasteiger partial charge in [0.05, 0.1) is 10.6 Å². The number of nitrogens with zero attached hydrogens (tertiary/aromatic N) is 1. The molecule has 0 saturated carbocycles. The smallest absolute Gasteiger partial charge is 0.134 e. The third kappa shape index (κ3) is 2.37. The third-order valence-electron chi connectivity index (χ3n) is 2.18. The molecular weight excluding hydrogens is 240 g/mol. The maximum atomic E-state index is 5.14. The number of nitrogens with one attached hydrogen (secondary N) is 1. The molecule has 0 amide bonds. The quantitative estimate of drug-likeness (QED) is 0.852. The van der Waals surface area contributed by atoms with Crippen molar-refractivity contribution in [2.75, 3.05) is 7.11 Å². The van der Waals surface area contributed by atoms with E-state index in [4.69, 9.17) is 17.0 Å². The first-order valence-electron chi connectivity index (χ1n) is 4.84. The molecule has 0 unspecified atom stereocenters. The van der Waals surface area contributed by atoms with Crippen LogP contribution in [0.5, 0.6) is 0 Å². The third-order valence-corrected chi connectivity index (χ3v) is 3.44. The summed E-state index contributed by atoms with van der Waals surface area (Å²) in [5.41, 5.74) is 2.25. The zero-order chi connectivity index (χ0) is 11.5. The second kappa shape index (κ2) is 4.86. The Morgan fingerprint density at radius 1 is 1.56 bits per heavy atom. The van der Waals surface area contributed by atoms with Gasteiger partial charge in [0.25, 0.3) is 0 Å². The summed E-state index contributed by atoms with van der Waals surface area (Å²) >= 11 is 6.83. The number of aromatic amines is 1. The number of H-pyrrole nitrogens is 1. The predicted octanol–water partition coefficient (Wildman–Crippen LogP) is 3.32. The molecule has 0 atom stereocenters. The SMILES string of the molecule is COCc1nc(=S)cc(-c2sccc2C)[nH]1. The molecule has 1 N–H and O–H groups in total. The largest absolute Gasteiger partial charge is 0.377 e. The fraction of sp³-hybridized carbons (Fsp3) is 0.273. The van der Waals surface area contributed by atoms with Crippen LogP contribution >= 0.6 is 23.6 Å². The first-order chi connectivity index (χ1) is 7.70. The fourth-order valence-corrected chi connectivity index (χ4v) is 2.61. The molecule has 84 valence electrons. The first kappa shape index (κ1) is 11.4. The molecule has 3 nitrogen and oxygen atoms in total. The number of methoxy groups -OCH3 is 1. The molecule has 0 saturated heterocycles. The van der Waals surface area contributed by atoms with E-state index in [0.29, 0.717) is 11.2 Å². The van der Waals surface area contributed by atoms with Crippen molar-refractivity contribution >= 4 is 23.6 Å². The number of aryl methyl sites for hydroxylation is 1. The summed E-state index contributed by atoms with van der Waals surface area (Å²) in [6.45, 7) is 2.53. The van der Waals surface area contributed by atoms with Gasteiger partial charge < -0.3 is 9.72 Å². The molecule has 0 fully saturated rings. The summed E-state index contributed by atoms with van der Waals surface area (Å²) in [4.78, 5) is 8.64. The lowest BCUT2D eigenvalue weighted by Crippen LogP contribution is -1.98. The van der Waals surface area contributed by atoms with Gasteiger partial charge >= 0.3 is 0 Å². The normalized spacial score (nSPS) is 10.6. The van der Waals surface area contributed by atoms with E-state index in [9.17, 15) is 0 Å². The Labute approximate surface area is 103 Å². The lowest BCUT2D eigenvalue weighted by atomic mass is 10.2. The van der Waals surface area contributed by atoms with E-state index in [2.05, 4.69) is 28.3 Å². The van der Waals surface area contributed by atoms with Gasteiger partial charge in [0, 0.05) is 7.11 Å². The van der Waals surface area contributed by atoms with E-state index < -0.39 is 0 Å². The van der Waals surface area contributed by atoms with Gasteiger partial charge in [0.1, 0.15) is 17.1 Å². The van der Waals surface area contributed by atoms with Crippen molar-refractivity contribution in [3.05, 3.63) is 33.5 Å². The molecule has 0 aromatic carbocycles. The van der Waals surface area contributed by atoms with Crippen molar-refractivity contribution < 1.29 is 4.74 Å². The van der Waals surface area contributed by atoms with E-state index in [-0.39, 0.29) is 0 Å². The van der Waals surface area contributed by atoms with Crippen LogP contribution in [0.1, 0.15) is 11.4 Å². The maximum Gasteiger partial charge on any atom is 0.134 e. The average molecular weight is 252 g/mol. The molecule has 0 aliphatic carbocycles. The van der Waals surface area contributed by atoms with Gasteiger partial charge in [0.15, 0.2) is 0 Å². The summed E-state index contributed by atoms with van der Waals surface area (Å²) in [6.07, 6.45) is 0. The predicted molar refractivity (Wildman–Crippen MR) is 68.2 cm³/mol. The standard InChI is InChI=1S/C11H12N2OS2/c1-7-3-4-16-11(7)8-5-10(15)13-9(12-8)6-14-2/h3-5H,6H2,1-2H3,(H,12,13,15).